The van der Waals surface area contributed by atoms with Gasteiger partial charge in [0.05, 0.1) is 5.56 Å². The number of primary amides is 1. The lowest BCUT2D eigenvalue weighted by atomic mass is 10.3. The zero-order chi connectivity index (χ0) is 11.4. The van der Waals surface area contributed by atoms with Gasteiger partial charge in [-0.25, -0.2) is 0 Å². The van der Waals surface area contributed by atoms with E-state index in [0.717, 1.165) is 10.6 Å². The van der Waals surface area contributed by atoms with Crippen LogP contribution in [-0.4, -0.2) is 5.91 Å². The molecule has 3 N–H and O–H groups in total. The maximum atomic E-state index is 10.9. The molecule has 0 radical (unpaired) electrons. The van der Waals surface area contributed by atoms with Gasteiger partial charge in [0.2, 0.25) is 5.91 Å². The van der Waals surface area contributed by atoms with Crippen molar-refractivity contribution in [1.82, 2.24) is 0 Å². The van der Waals surface area contributed by atoms with Gasteiger partial charge in [-0.15, -0.1) is 11.3 Å². The molecule has 0 spiro atoms. The van der Waals surface area contributed by atoms with Gasteiger partial charge >= 0.3 is 0 Å². The molecule has 2 aromatic rings. The second-order valence-electron chi connectivity index (χ2n) is 3.39. The molecule has 1 aromatic carbocycles. The number of carbonyl (C=O) groups excluding carboxylic acids is 1. The summed E-state index contributed by atoms with van der Waals surface area (Å²) in [6.07, 6.45) is 0. The third kappa shape index (κ3) is 2.61. The fraction of sp³-hybridized carbons (Fsp3) is 0.0833. The first kappa shape index (κ1) is 10.7. The Balaban J connectivity index is 1.97. The number of carbonyl (C=O) groups is 1. The number of benzene rings is 1. The average Bonchev–Trinajstić information content (AvgIpc) is 2.76. The molecule has 0 saturated carbocycles. The third-order valence-electron chi connectivity index (χ3n) is 2.18. The van der Waals surface area contributed by atoms with E-state index in [9.17, 15) is 4.79 Å². The fourth-order valence-electron chi connectivity index (χ4n) is 1.35. The van der Waals surface area contributed by atoms with E-state index in [1.165, 1.54) is 11.3 Å². The normalized spacial score (nSPS) is 10.0. The summed E-state index contributed by atoms with van der Waals surface area (Å²) in [4.78, 5) is 12.0. The van der Waals surface area contributed by atoms with E-state index in [0.29, 0.717) is 12.1 Å². The van der Waals surface area contributed by atoms with Crippen molar-refractivity contribution in [2.45, 2.75) is 6.54 Å². The molecule has 82 valence electrons. The van der Waals surface area contributed by atoms with E-state index in [4.69, 9.17) is 5.73 Å². The lowest BCUT2D eigenvalue weighted by Crippen LogP contribution is -2.09. The zero-order valence-electron chi connectivity index (χ0n) is 8.64. The van der Waals surface area contributed by atoms with Crippen molar-refractivity contribution in [3.8, 4) is 0 Å². The van der Waals surface area contributed by atoms with Crippen LogP contribution in [0.15, 0.2) is 41.8 Å². The lowest BCUT2D eigenvalue weighted by Gasteiger charge is -2.03. The van der Waals surface area contributed by atoms with Gasteiger partial charge in [0.25, 0.3) is 0 Å². The minimum atomic E-state index is -0.373. The highest BCUT2D eigenvalue weighted by Crippen LogP contribution is 2.16. The second-order valence-corrected chi connectivity index (χ2v) is 4.38. The molecule has 0 aliphatic rings. The van der Waals surface area contributed by atoms with E-state index < -0.39 is 0 Å². The van der Waals surface area contributed by atoms with Crippen molar-refractivity contribution in [1.29, 1.82) is 0 Å². The molecule has 0 fully saturated rings. The molecule has 4 heteroatoms. The number of hydrogen-bond acceptors (Lipinski definition) is 3. The molecule has 0 atom stereocenters. The van der Waals surface area contributed by atoms with Crippen molar-refractivity contribution >= 4 is 22.9 Å². The topological polar surface area (TPSA) is 55.1 Å². The molecule has 2 rings (SSSR count). The highest BCUT2D eigenvalue weighted by atomic mass is 32.1. The van der Waals surface area contributed by atoms with Crippen LogP contribution < -0.4 is 11.1 Å². The van der Waals surface area contributed by atoms with Gasteiger partial charge in [-0.3, -0.25) is 4.79 Å². The van der Waals surface area contributed by atoms with Crippen LogP contribution >= 0.6 is 11.3 Å². The number of amides is 1. The number of rotatable bonds is 4. The van der Waals surface area contributed by atoms with Crippen LogP contribution in [0.4, 0.5) is 5.69 Å². The van der Waals surface area contributed by atoms with Crippen molar-refractivity contribution in [3.63, 3.8) is 0 Å². The van der Waals surface area contributed by atoms with Gasteiger partial charge in [0.1, 0.15) is 0 Å². The molecule has 0 unspecified atom stereocenters. The number of nitrogens with one attached hydrogen (secondary N) is 1. The molecule has 1 aromatic heterocycles. The van der Waals surface area contributed by atoms with Gasteiger partial charge in [0.15, 0.2) is 0 Å². The molecule has 1 heterocycles. The Labute approximate surface area is 97.9 Å². The number of anilines is 1. The van der Waals surface area contributed by atoms with Crippen LogP contribution in [0.1, 0.15) is 15.2 Å². The van der Waals surface area contributed by atoms with Crippen molar-refractivity contribution in [3.05, 3.63) is 52.2 Å². The van der Waals surface area contributed by atoms with E-state index in [1.54, 1.807) is 5.38 Å². The first-order chi connectivity index (χ1) is 7.75. The monoisotopic (exact) mass is 232 g/mol. The minimum absolute atomic E-state index is 0.373. The number of nitrogens with two attached hydrogens (primary N) is 1. The van der Waals surface area contributed by atoms with Gasteiger partial charge in [-0.2, -0.15) is 0 Å². The first-order valence-electron chi connectivity index (χ1n) is 4.92. The summed E-state index contributed by atoms with van der Waals surface area (Å²) < 4.78 is 0. The van der Waals surface area contributed by atoms with E-state index in [2.05, 4.69) is 5.32 Å². The van der Waals surface area contributed by atoms with Crippen LogP contribution in [-0.2, 0) is 6.54 Å². The van der Waals surface area contributed by atoms with E-state index >= 15 is 0 Å². The maximum Gasteiger partial charge on any atom is 0.249 e. The summed E-state index contributed by atoms with van der Waals surface area (Å²) in [5, 5.41) is 5.05. The summed E-state index contributed by atoms with van der Waals surface area (Å²) in [5.74, 6) is -0.373. The molecular weight excluding hydrogens is 220 g/mol. The second kappa shape index (κ2) is 4.81. The number of thiophene rings is 1. The van der Waals surface area contributed by atoms with Crippen molar-refractivity contribution in [2.75, 3.05) is 5.32 Å². The smallest absolute Gasteiger partial charge is 0.249 e. The maximum absolute atomic E-state index is 10.9. The van der Waals surface area contributed by atoms with E-state index in [-0.39, 0.29) is 5.91 Å². The molecule has 0 saturated heterocycles. The highest BCUT2D eigenvalue weighted by Gasteiger charge is 2.04. The highest BCUT2D eigenvalue weighted by molar-refractivity contribution is 7.10. The summed E-state index contributed by atoms with van der Waals surface area (Å²) >= 11 is 1.53. The van der Waals surface area contributed by atoms with Crippen LogP contribution in [0.5, 0.6) is 0 Å². The first-order valence-corrected chi connectivity index (χ1v) is 5.80. The summed E-state index contributed by atoms with van der Waals surface area (Å²) in [5.41, 5.74) is 6.83. The minimum Gasteiger partial charge on any atom is -0.380 e. The van der Waals surface area contributed by atoms with Crippen molar-refractivity contribution in [2.24, 2.45) is 5.73 Å². The molecule has 0 aliphatic heterocycles. The summed E-state index contributed by atoms with van der Waals surface area (Å²) in [6, 6.07) is 11.8. The van der Waals surface area contributed by atoms with Crippen LogP contribution in [0.25, 0.3) is 0 Å². The molecule has 16 heavy (non-hydrogen) atoms. The van der Waals surface area contributed by atoms with Crippen LogP contribution in [0.2, 0.25) is 0 Å². The SMILES string of the molecule is NC(=O)c1csc(CNc2ccccc2)c1. The van der Waals surface area contributed by atoms with Crippen LogP contribution in [0.3, 0.4) is 0 Å². The zero-order valence-corrected chi connectivity index (χ0v) is 9.46. The Hall–Kier alpha value is -1.81. The molecule has 0 aliphatic carbocycles. The van der Waals surface area contributed by atoms with Gasteiger partial charge < -0.3 is 11.1 Å². The third-order valence-corrected chi connectivity index (χ3v) is 3.12. The van der Waals surface area contributed by atoms with Gasteiger partial charge in [0, 0.05) is 22.5 Å². The van der Waals surface area contributed by atoms with Crippen molar-refractivity contribution < 1.29 is 4.79 Å². The quantitative estimate of drug-likeness (QED) is 0.850. The Morgan fingerprint density at radius 3 is 2.69 bits per heavy atom. The van der Waals surface area contributed by atoms with Gasteiger partial charge in [-0.05, 0) is 18.2 Å². The summed E-state index contributed by atoms with van der Waals surface area (Å²) in [6.45, 7) is 0.710. The Morgan fingerprint density at radius 2 is 2.06 bits per heavy atom. The summed E-state index contributed by atoms with van der Waals surface area (Å²) in [7, 11) is 0. The largest absolute Gasteiger partial charge is 0.380 e. The molecular formula is C12H12N2OS. The number of hydrogen-bond donors (Lipinski definition) is 2. The fourth-order valence-corrected chi connectivity index (χ4v) is 2.16. The standard InChI is InChI=1S/C12H12N2OS/c13-12(15)9-6-11(16-8-9)7-14-10-4-2-1-3-5-10/h1-6,8,14H,7H2,(H2,13,15). The van der Waals surface area contributed by atoms with E-state index in [1.807, 2.05) is 36.4 Å². The number of para-hydroxylation sites is 1. The average molecular weight is 232 g/mol. The Kier molecular flexibility index (Phi) is 3.22. The molecule has 3 nitrogen and oxygen atoms in total. The molecule has 1 amide bonds. The van der Waals surface area contributed by atoms with Gasteiger partial charge in [-0.1, -0.05) is 18.2 Å². The Morgan fingerprint density at radius 1 is 1.31 bits per heavy atom. The predicted molar refractivity (Wildman–Crippen MR) is 66.6 cm³/mol. The predicted octanol–water partition coefficient (Wildman–Crippen LogP) is 2.46. The lowest BCUT2D eigenvalue weighted by molar-refractivity contribution is 0.100. The Bertz CT molecular complexity index is 479. The molecule has 0 bridgehead atoms. The van der Waals surface area contributed by atoms with Crippen LogP contribution in [0, 0.1) is 0 Å².